The van der Waals surface area contributed by atoms with Crippen LogP contribution in [0.5, 0.6) is 0 Å². The Bertz CT molecular complexity index is 125. The summed E-state index contributed by atoms with van der Waals surface area (Å²) in [6.45, 7) is 6.74. The lowest BCUT2D eigenvalue weighted by Gasteiger charge is -2.22. The first-order valence-electron chi connectivity index (χ1n) is 5.11. The normalized spacial score (nSPS) is 30.0. The summed E-state index contributed by atoms with van der Waals surface area (Å²) in [6.07, 6.45) is 4.22. The highest BCUT2D eigenvalue weighted by molar-refractivity contribution is 7.99. The minimum Gasteiger partial charge on any atom is -0.311 e. The quantitative estimate of drug-likeness (QED) is 0.726. The Balaban J connectivity index is 2.30. The minimum absolute atomic E-state index is 0.646. The molecule has 1 saturated carbocycles. The van der Waals surface area contributed by atoms with Crippen LogP contribution in [0.25, 0.3) is 0 Å². The first-order chi connectivity index (χ1) is 5.74. The summed E-state index contributed by atoms with van der Waals surface area (Å²) >= 11 is 2.13. The molecule has 1 fully saturated rings. The van der Waals surface area contributed by atoms with E-state index in [9.17, 15) is 0 Å². The third-order valence-corrected chi connectivity index (χ3v) is 3.71. The molecule has 0 aliphatic heterocycles. The molecule has 0 radical (unpaired) electrons. The van der Waals surface area contributed by atoms with E-state index in [1.807, 2.05) is 0 Å². The number of hydrogen-bond donors (Lipinski definition) is 1. The van der Waals surface area contributed by atoms with Gasteiger partial charge in [0.1, 0.15) is 0 Å². The van der Waals surface area contributed by atoms with Crippen molar-refractivity contribution in [2.24, 2.45) is 0 Å². The van der Waals surface area contributed by atoms with Gasteiger partial charge in [-0.15, -0.1) is 0 Å². The van der Waals surface area contributed by atoms with Crippen molar-refractivity contribution in [2.75, 3.05) is 5.75 Å². The Morgan fingerprint density at radius 3 is 2.75 bits per heavy atom. The van der Waals surface area contributed by atoms with Gasteiger partial charge in [0.2, 0.25) is 0 Å². The molecular formula is C10H21NS. The minimum atomic E-state index is 0.646. The summed E-state index contributed by atoms with van der Waals surface area (Å²) in [5.74, 6) is 1.26. The molecule has 0 amide bonds. The van der Waals surface area contributed by atoms with Crippen LogP contribution in [0, 0.1) is 0 Å². The van der Waals surface area contributed by atoms with Crippen molar-refractivity contribution in [3.8, 4) is 0 Å². The van der Waals surface area contributed by atoms with Crippen molar-refractivity contribution in [2.45, 2.75) is 57.4 Å². The smallest absolute Gasteiger partial charge is 0.0201 e. The third-order valence-electron chi connectivity index (χ3n) is 2.38. The number of thioether (sulfide) groups is 1. The molecular weight excluding hydrogens is 166 g/mol. The fraction of sp³-hybridized carbons (Fsp3) is 1.00. The van der Waals surface area contributed by atoms with Crippen LogP contribution in [0.2, 0.25) is 0 Å². The zero-order valence-corrected chi connectivity index (χ0v) is 9.29. The van der Waals surface area contributed by atoms with Crippen molar-refractivity contribution in [1.29, 1.82) is 0 Å². The SMILES string of the molecule is CCSC1CCCC1NC(C)C. The van der Waals surface area contributed by atoms with E-state index in [-0.39, 0.29) is 0 Å². The van der Waals surface area contributed by atoms with E-state index in [4.69, 9.17) is 0 Å². The molecule has 0 aromatic carbocycles. The highest BCUT2D eigenvalue weighted by Crippen LogP contribution is 2.29. The topological polar surface area (TPSA) is 12.0 Å². The molecule has 0 spiro atoms. The van der Waals surface area contributed by atoms with Crippen molar-refractivity contribution < 1.29 is 0 Å². The van der Waals surface area contributed by atoms with Crippen molar-refractivity contribution >= 4 is 11.8 Å². The Morgan fingerprint density at radius 1 is 1.42 bits per heavy atom. The number of rotatable bonds is 4. The van der Waals surface area contributed by atoms with Gasteiger partial charge in [-0.1, -0.05) is 27.2 Å². The average Bonchev–Trinajstić information content (AvgIpc) is 2.37. The molecule has 1 N–H and O–H groups in total. The molecule has 0 bridgehead atoms. The lowest BCUT2D eigenvalue weighted by Crippen LogP contribution is -2.38. The van der Waals surface area contributed by atoms with Gasteiger partial charge in [0.15, 0.2) is 0 Å². The molecule has 1 aliphatic carbocycles. The van der Waals surface area contributed by atoms with Crippen LogP contribution in [0.4, 0.5) is 0 Å². The van der Waals surface area contributed by atoms with E-state index >= 15 is 0 Å². The van der Waals surface area contributed by atoms with Crippen molar-refractivity contribution in [3.63, 3.8) is 0 Å². The van der Waals surface area contributed by atoms with E-state index in [0.29, 0.717) is 6.04 Å². The molecule has 1 nitrogen and oxygen atoms in total. The Kier molecular flexibility index (Phi) is 4.44. The lowest BCUT2D eigenvalue weighted by molar-refractivity contribution is 0.477. The summed E-state index contributed by atoms with van der Waals surface area (Å²) in [5, 5.41) is 4.54. The molecule has 2 heteroatoms. The van der Waals surface area contributed by atoms with Gasteiger partial charge in [0.25, 0.3) is 0 Å². The number of hydrogen-bond acceptors (Lipinski definition) is 2. The van der Waals surface area contributed by atoms with Crippen LogP contribution in [0.15, 0.2) is 0 Å². The van der Waals surface area contributed by atoms with Crippen LogP contribution < -0.4 is 5.32 Å². The van der Waals surface area contributed by atoms with Crippen LogP contribution in [0.3, 0.4) is 0 Å². The molecule has 0 heterocycles. The molecule has 0 aromatic rings. The van der Waals surface area contributed by atoms with Crippen LogP contribution in [0.1, 0.15) is 40.0 Å². The molecule has 1 rings (SSSR count). The summed E-state index contributed by atoms with van der Waals surface area (Å²) in [6, 6.07) is 1.43. The summed E-state index contributed by atoms with van der Waals surface area (Å²) in [5.41, 5.74) is 0. The standard InChI is InChI=1S/C10H21NS/c1-4-12-10-7-5-6-9(10)11-8(2)3/h8-11H,4-7H2,1-3H3. The van der Waals surface area contributed by atoms with E-state index < -0.39 is 0 Å². The van der Waals surface area contributed by atoms with Gasteiger partial charge >= 0.3 is 0 Å². The maximum Gasteiger partial charge on any atom is 0.0201 e. The second-order valence-electron chi connectivity index (χ2n) is 3.85. The van der Waals surface area contributed by atoms with Gasteiger partial charge in [0.05, 0.1) is 0 Å². The third kappa shape index (κ3) is 2.98. The molecule has 12 heavy (non-hydrogen) atoms. The molecule has 72 valence electrons. The van der Waals surface area contributed by atoms with Crippen molar-refractivity contribution in [1.82, 2.24) is 5.32 Å². The maximum atomic E-state index is 3.66. The average molecular weight is 187 g/mol. The van der Waals surface area contributed by atoms with Crippen LogP contribution >= 0.6 is 11.8 Å². The predicted octanol–water partition coefficient (Wildman–Crippen LogP) is 2.66. The van der Waals surface area contributed by atoms with Crippen LogP contribution in [-0.2, 0) is 0 Å². The molecule has 2 unspecified atom stereocenters. The lowest BCUT2D eigenvalue weighted by atomic mass is 10.2. The Hall–Kier alpha value is 0.310. The van der Waals surface area contributed by atoms with Gasteiger partial charge in [-0.2, -0.15) is 11.8 Å². The second-order valence-corrected chi connectivity index (χ2v) is 5.37. The highest BCUT2D eigenvalue weighted by atomic mass is 32.2. The maximum absolute atomic E-state index is 3.66. The molecule has 0 aromatic heterocycles. The molecule has 2 atom stereocenters. The van der Waals surface area contributed by atoms with Crippen molar-refractivity contribution in [3.05, 3.63) is 0 Å². The summed E-state index contributed by atoms with van der Waals surface area (Å²) in [7, 11) is 0. The fourth-order valence-electron chi connectivity index (χ4n) is 1.96. The summed E-state index contributed by atoms with van der Waals surface area (Å²) in [4.78, 5) is 0. The zero-order valence-electron chi connectivity index (χ0n) is 8.47. The number of nitrogens with one attached hydrogen (secondary N) is 1. The summed E-state index contributed by atoms with van der Waals surface area (Å²) < 4.78 is 0. The van der Waals surface area contributed by atoms with E-state index in [1.54, 1.807) is 0 Å². The second kappa shape index (κ2) is 5.13. The monoisotopic (exact) mass is 187 g/mol. The first-order valence-corrected chi connectivity index (χ1v) is 6.16. The zero-order chi connectivity index (χ0) is 8.97. The largest absolute Gasteiger partial charge is 0.311 e. The van der Waals surface area contributed by atoms with Gasteiger partial charge in [-0.3, -0.25) is 0 Å². The Morgan fingerprint density at radius 2 is 2.17 bits per heavy atom. The van der Waals surface area contributed by atoms with Gasteiger partial charge in [-0.05, 0) is 18.6 Å². The predicted molar refractivity (Wildman–Crippen MR) is 57.8 cm³/mol. The van der Waals surface area contributed by atoms with Crippen LogP contribution in [-0.4, -0.2) is 23.1 Å². The van der Waals surface area contributed by atoms with Gasteiger partial charge in [-0.25, -0.2) is 0 Å². The Labute approximate surface area is 80.7 Å². The van der Waals surface area contributed by atoms with E-state index in [2.05, 4.69) is 37.8 Å². The van der Waals surface area contributed by atoms with E-state index in [0.717, 1.165) is 11.3 Å². The van der Waals surface area contributed by atoms with Gasteiger partial charge in [0, 0.05) is 17.3 Å². The first kappa shape index (κ1) is 10.4. The molecule has 0 saturated heterocycles. The van der Waals surface area contributed by atoms with Gasteiger partial charge < -0.3 is 5.32 Å². The van der Waals surface area contributed by atoms with E-state index in [1.165, 1.54) is 25.0 Å². The molecule has 1 aliphatic rings. The highest BCUT2D eigenvalue weighted by Gasteiger charge is 2.26. The fourth-order valence-corrected chi connectivity index (χ4v) is 3.17.